The maximum atomic E-state index is 8.89. The standard InChI is InChI=1S/C9H10OS/c1-7(11)9-5-3-2-4-8(9)6-10/h2-5,10-11H,1,6H2. The molecule has 0 spiro atoms. The molecule has 58 valence electrons. The van der Waals surface area contributed by atoms with Crippen molar-refractivity contribution in [2.75, 3.05) is 0 Å². The van der Waals surface area contributed by atoms with Gasteiger partial charge in [0.15, 0.2) is 0 Å². The quantitative estimate of drug-likeness (QED) is 0.644. The summed E-state index contributed by atoms with van der Waals surface area (Å²) in [6.45, 7) is 3.72. The number of aliphatic hydroxyl groups excluding tert-OH is 1. The first-order valence-corrected chi connectivity index (χ1v) is 3.77. The molecule has 0 fully saturated rings. The highest BCUT2D eigenvalue weighted by molar-refractivity contribution is 7.90. The fourth-order valence-corrected chi connectivity index (χ4v) is 1.16. The number of benzene rings is 1. The minimum atomic E-state index is 0.0375. The molecule has 0 atom stereocenters. The van der Waals surface area contributed by atoms with Crippen molar-refractivity contribution >= 4 is 17.5 Å². The topological polar surface area (TPSA) is 20.2 Å². The molecule has 0 amide bonds. The van der Waals surface area contributed by atoms with Crippen LogP contribution in [0.15, 0.2) is 30.8 Å². The van der Waals surface area contributed by atoms with Crippen LogP contribution in [-0.2, 0) is 6.61 Å². The Kier molecular flexibility index (Phi) is 2.74. The molecule has 0 aromatic heterocycles. The largest absolute Gasteiger partial charge is 0.392 e. The molecular formula is C9H10OS. The predicted octanol–water partition coefficient (Wildman–Crippen LogP) is 2.08. The summed E-state index contributed by atoms with van der Waals surface area (Å²) in [5.41, 5.74) is 1.78. The summed E-state index contributed by atoms with van der Waals surface area (Å²) < 4.78 is 0. The average molecular weight is 166 g/mol. The van der Waals surface area contributed by atoms with E-state index in [1.807, 2.05) is 24.3 Å². The summed E-state index contributed by atoms with van der Waals surface area (Å²) in [7, 11) is 0. The summed E-state index contributed by atoms with van der Waals surface area (Å²) in [4.78, 5) is 0.689. The van der Waals surface area contributed by atoms with E-state index in [2.05, 4.69) is 19.2 Å². The Labute approximate surface area is 71.8 Å². The Morgan fingerprint density at radius 1 is 1.45 bits per heavy atom. The molecule has 0 aliphatic heterocycles. The first-order chi connectivity index (χ1) is 5.25. The highest BCUT2D eigenvalue weighted by atomic mass is 32.1. The SMILES string of the molecule is C=C(S)c1ccccc1CO. The third kappa shape index (κ3) is 1.85. The highest BCUT2D eigenvalue weighted by Gasteiger charge is 1.99. The van der Waals surface area contributed by atoms with Gasteiger partial charge >= 0.3 is 0 Å². The van der Waals surface area contributed by atoms with Crippen LogP contribution in [0.5, 0.6) is 0 Å². The maximum absolute atomic E-state index is 8.89. The zero-order valence-electron chi connectivity index (χ0n) is 6.12. The van der Waals surface area contributed by atoms with Gasteiger partial charge in [-0.1, -0.05) is 30.8 Å². The Bertz CT molecular complexity index is 268. The first-order valence-electron chi connectivity index (χ1n) is 3.32. The van der Waals surface area contributed by atoms with Gasteiger partial charge < -0.3 is 5.11 Å². The molecule has 1 nitrogen and oxygen atoms in total. The minimum Gasteiger partial charge on any atom is -0.392 e. The van der Waals surface area contributed by atoms with Crippen LogP contribution in [0.3, 0.4) is 0 Å². The molecule has 0 aliphatic carbocycles. The van der Waals surface area contributed by atoms with Crippen LogP contribution in [0.4, 0.5) is 0 Å². The first kappa shape index (κ1) is 8.37. The number of thiol groups is 1. The van der Waals surface area contributed by atoms with Crippen molar-refractivity contribution in [2.45, 2.75) is 6.61 Å². The van der Waals surface area contributed by atoms with Crippen LogP contribution in [0.25, 0.3) is 4.91 Å². The van der Waals surface area contributed by atoms with Gasteiger partial charge in [-0.25, -0.2) is 0 Å². The molecule has 0 aliphatic rings. The van der Waals surface area contributed by atoms with Crippen LogP contribution in [0, 0.1) is 0 Å². The predicted molar refractivity (Wildman–Crippen MR) is 50.4 cm³/mol. The van der Waals surface area contributed by atoms with Gasteiger partial charge in [0.25, 0.3) is 0 Å². The molecule has 1 aromatic rings. The van der Waals surface area contributed by atoms with Gasteiger partial charge in [0.1, 0.15) is 0 Å². The van der Waals surface area contributed by atoms with Crippen molar-refractivity contribution in [3.05, 3.63) is 42.0 Å². The van der Waals surface area contributed by atoms with Gasteiger partial charge in [0.2, 0.25) is 0 Å². The van der Waals surface area contributed by atoms with E-state index >= 15 is 0 Å². The number of hydrogen-bond acceptors (Lipinski definition) is 2. The number of rotatable bonds is 2. The lowest BCUT2D eigenvalue weighted by Crippen LogP contribution is -1.88. The Balaban J connectivity index is 3.12. The zero-order valence-corrected chi connectivity index (χ0v) is 7.01. The molecule has 11 heavy (non-hydrogen) atoms. The lowest BCUT2D eigenvalue weighted by atomic mass is 10.1. The summed E-state index contributed by atoms with van der Waals surface area (Å²) in [5.74, 6) is 0. The van der Waals surface area contributed by atoms with E-state index < -0.39 is 0 Å². The summed E-state index contributed by atoms with van der Waals surface area (Å²) in [6.07, 6.45) is 0. The molecule has 1 N–H and O–H groups in total. The molecule has 2 heteroatoms. The molecular weight excluding hydrogens is 156 g/mol. The number of aliphatic hydroxyl groups is 1. The fraction of sp³-hybridized carbons (Fsp3) is 0.111. The van der Waals surface area contributed by atoms with Crippen LogP contribution in [0.2, 0.25) is 0 Å². The third-order valence-corrected chi connectivity index (χ3v) is 1.74. The van der Waals surface area contributed by atoms with Crippen molar-refractivity contribution in [2.24, 2.45) is 0 Å². The second kappa shape index (κ2) is 3.60. The van der Waals surface area contributed by atoms with E-state index in [1.54, 1.807) is 0 Å². The summed E-state index contributed by atoms with van der Waals surface area (Å²) in [6, 6.07) is 7.53. The fourth-order valence-electron chi connectivity index (χ4n) is 0.940. The zero-order chi connectivity index (χ0) is 8.27. The van der Waals surface area contributed by atoms with Crippen LogP contribution >= 0.6 is 12.6 Å². The van der Waals surface area contributed by atoms with Gasteiger partial charge in [0.05, 0.1) is 6.61 Å². The van der Waals surface area contributed by atoms with Crippen molar-refractivity contribution in [3.63, 3.8) is 0 Å². The molecule has 0 heterocycles. The van der Waals surface area contributed by atoms with Gasteiger partial charge in [-0.2, -0.15) is 0 Å². The normalized spacial score (nSPS) is 9.64. The molecule has 1 aromatic carbocycles. The van der Waals surface area contributed by atoms with Crippen molar-refractivity contribution < 1.29 is 5.11 Å². The van der Waals surface area contributed by atoms with Crippen molar-refractivity contribution in [1.82, 2.24) is 0 Å². The molecule has 0 radical (unpaired) electrons. The van der Waals surface area contributed by atoms with Crippen molar-refractivity contribution in [3.8, 4) is 0 Å². The lowest BCUT2D eigenvalue weighted by molar-refractivity contribution is 0.281. The second-order valence-electron chi connectivity index (χ2n) is 2.26. The molecule has 0 saturated carbocycles. The van der Waals surface area contributed by atoms with Crippen LogP contribution in [0.1, 0.15) is 11.1 Å². The third-order valence-electron chi connectivity index (χ3n) is 1.50. The Morgan fingerprint density at radius 2 is 2.09 bits per heavy atom. The second-order valence-corrected chi connectivity index (χ2v) is 2.80. The van der Waals surface area contributed by atoms with Gasteiger partial charge in [-0.05, 0) is 11.1 Å². The summed E-state index contributed by atoms with van der Waals surface area (Å²) in [5, 5.41) is 8.89. The smallest absolute Gasteiger partial charge is 0.0688 e. The Morgan fingerprint density at radius 3 is 2.55 bits per heavy atom. The van der Waals surface area contributed by atoms with E-state index in [0.29, 0.717) is 4.91 Å². The monoisotopic (exact) mass is 166 g/mol. The molecule has 0 saturated heterocycles. The van der Waals surface area contributed by atoms with E-state index in [1.165, 1.54) is 0 Å². The maximum Gasteiger partial charge on any atom is 0.0688 e. The van der Waals surface area contributed by atoms with Crippen LogP contribution in [-0.4, -0.2) is 5.11 Å². The molecule has 0 bridgehead atoms. The van der Waals surface area contributed by atoms with Gasteiger partial charge in [-0.3, -0.25) is 0 Å². The van der Waals surface area contributed by atoms with E-state index in [-0.39, 0.29) is 6.61 Å². The molecule has 0 unspecified atom stereocenters. The average Bonchev–Trinajstić information content (AvgIpc) is 2.04. The lowest BCUT2D eigenvalue weighted by Gasteiger charge is -2.03. The van der Waals surface area contributed by atoms with Crippen LogP contribution < -0.4 is 0 Å². The number of hydrogen-bond donors (Lipinski definition) is 2. The summed E-state index contributed by atoms with van der Waals surface area (Å²) >= 11 is 4.11. The van der Waals surface area contributed by atoms with Crippen molar-refractivity contribution in [1.29, 1.82) is 0 Å². The highest BCUT2D eigenvalue weighted by Crippen LogP contribution is 2.19. The minimum absolute atomic E-state index is 0.0375. The van der Waals surface area contributed by atoms with Gasteiger partial charge in [0, 0.05) is 4.91 Å². The van der Waals surface area contributed by atoms with E-state index in [9.17, 15) is 0 Å². The Hall–Kier alpha value is -0.730. The van der Waals surface area contributed by atoms with Gasteiger partial charge in [-0.15, -0.1) is 12.6 Å². The molecule has 1 rings (SSSR count). The van der Waals surface area contributed by atoms with E-state index in [0.717, 1.165) is 11.1 Å². The van der Waals surface area contributed by atoms with E-state index in [4.69, 9.17) is 5.11 Å².